The van der Waals surface area contributed by atoms with E-state index in [4.69, 9.17) is 0 Å². The van der Waals surface area contributed by atoms with E-state index in [9.17, 15) is 45.5 Å². The van der Waals surface area contributed by atoms with E-state index in [0.717, 1.165) is 13.8 Å². The fraction of sp³-hybridized carbons (Fsp3) is 0.400. The van der Waals surface area contributed by atoms with Crippen LogP contribution in [-0.2, 0) is 39.6 Å². The van der Waals surface area contributed by atoms with Crippen LogP contribution >= 0.6 is 0 Å². The van der Waals surface area contributed by atoms with E-state index in [1.54, 1.807) is 0 Å². The predicted octanol–water partition coefficient (Wildman–Crippen LogP) is 1.82. The molecule has 0 aliphatic carbocycles. The fourth-order valence-electron chi connectivity index (χ4n) is 0.533. The SMILES string of the molecule is CC(=O)[CH-]C(=O)C(F)(F)F.CC(=O)[CH-]C(=O)C(F)(F)F.[Pd+2]. The molecule has 11 heteroatoms. The van der Waals surface area contributed by atoms with Gasteiger partial charge in [-0.25, -0.2) is 0 Å². The molecule has 0 radical (unpaired) electrons. The Hall–Kier alpha value is -1.34. The van der Waals surface area contributed by atoms with E-state index in [2.05, 4.69) is 0 Å². The summed E-state index contributed by atoms with van der Waals surface area (Å²) in [4.78, 5) is 39.6. The number of halogens is 6. The van der Waals surface area contributed by atoms with Crippen LogP contribution in [0.2, 0.25) is 0 Å². The molecular formula is C10H8F6O4Pd. The summed E-state index contributed by atoms with van der Waals surface area (Å²) < 4.78 is 67.7. The van der Waals surface area contributed by atoms with Crippen molar-refractivity contribution in [2.45, 2.75) is 26.2 Å². The summed E-state index contributed by atoms with van der Waals surface area (Å²) in [5.41, 5.74) is 0. The monoisotopic (exact) mass is 412 g/mol. The molecule has 0 aromatic carbocycles. The number of carbonyl (C=O) groups is 4. The van der Waals surface area contributed by atoms with Crippen LogP contribution in [0.25, 0.3) is 0 Å². The van der Waals surface area contributed by atoms with Crippen molar-refractivity contribution in [2.75, 3.05) is 0 Å². The Bertz CT molecular complexity index is 361. The molecule has 0 rings (SSSR count). The molecule has 124 valence electrons. The molecule has 21 heavy (non-hydrogen) atoms. The average Bonchev–Trinajstić information content (AvgIpc) is 2.13. The first-order valence-corrected chi connectivity index (χ1v) is 4.61. The van der Waals surface area contributed by atoms with Crippen LogP contribution in [0.1, 0.15) is 13.8 Å². The maximum atomic E-state index is 11.3. The first-order chi connectivity index (χ1) is 8.67. The zero-order valence-electron chi connectivity index (χ0n) is 10.4. The molecule has 0 aromatic heterocycles. The van der Waals surface area contributed by atoms with Crippen LogP contribution in [0, 0.1) is 12.8 Å². The Morgan fingerprint density at radius 3 is 0.905 bits per heavy atom. The molecule has 0 bridgehead atoms. The van der Waals surface area contributed by atoms with Crippen LogP contribution in [0.3, 0.4) is 0 Å². The van der Waals surface area contributed by atoms with Crippen molar-refractivity contribution in [1.29, 1.82) is 0 Å². The third kappa shape index (κ3) is 14.9. The van der Waals surface area contributed by atoms with E-state index in [1.807, 2.05) is 0 Å². The molecule has 0 atom stereocenters. The summed E-state index contributed by atoms with van der Waals surface area (Å²) in [6.45, 7) is 1.76. The normalized spacial score (nSPS) is 10.3. The van der Waals surface area contributed by atoms with Gasteiger partial charge in [0, 0.05) is 11.6 Å². The summed E-state index contributed by atoms with van der Waals surface area (Å²) in [5, 5.41) is 0. The van der Waals surface area contributed by atoms with Gasteiger partial charge in [0.25, 0.3) is 0 Å². The van der Waals surface area contributed by atoms with E-state index in [1.165, 1.54) is 0 Å². The molecule has 4 nitrogen and oxygen atoms in total. The predicted molar refractivity (Wildman–Crippen MR) is 52.1 cm³/mol. The van der Waals surface area contributed by atoms with E-state index in [-0.39, 0.29) is 33.3 Å². The van der Waals surface area contributed by atoms with Gasteiger partial charge in [0.05, 0.1) is 0 Å². The number of carbonyl (C=O) groups excluding carboxylic acids is 4. The van der Waals surface area contributed by atoms with Gasteiger partial charge in [-0.15, -0.1) is 0 Å². The minimum atomic E-state index is -4.92. The molecule has 0 aromatic rings. The maximum Gasteiger partial charge on any atom is 2.00 e. The molecule has 0 heterocycles. The van der Waals surface area contributed by atoms with Crippen molar-refractivity contribution in [1.82, 2.24) is 0 Å². The molecule has 0 fully saturated rings. The van der Waals surface area contributed by atoms with Crippen molar-refractivity contribution in [3.63, 3.8) is 0 Å². The van der Waals surface area contributed by atoms with Crippen LogP contribution < -0.4 is 0 Å². The Kier molecular flexibility index (Phi) is 11.2. The van der Waals surface area contributed by atoms with E-state index >= 15 is 0 Å². The quantitative estimate of drug-likeness (QED) is 0.306. The smallest absolute Gasteiger partial charge is 0.334 e. The standard InChI is InChI=1S/2C5H4F3O2.Pd/c2*1-3(9)2-4(10)5(6,7)8;/h2*2H,1H3;/q2*-1;+2. The van der Waals surface area contributed by atoms with Crippen LogP contribution in [0.15, 0.2) is 0 Å². The Morgan fingerprint density at radius 2 is 0.857 bits per heavy atom. The molecule has 0 N–H and O–H groups in total. The van der Waals surface area contributed by atoms with Gasteiger partial charge in [0.2, 0.25) is 0 Å². The molecule has 0 spiro atoms. The van der Waals surface area contributed by atoms with Gasteiger partial charge in [-0.2, -0.15) is 26.3 Å². The molecule has 0 saturated carbocycles. The number of hydrogen-bond acceptors (Lipinski definition) is 4. The van der Waals surface area contributed by atoms with Gasteiger partial charge in [-0.3, -0.25) is 12.8 Å². The summed E-state index contributed by atoms with van der Waals surface area (Å²) in [5.74, 6) is -6.02. The summed E-state index contributed by atoms with van der Waals surface area (Å²) >= 11 is 0. The average molecular weight is 413 g/mol. The van der Waals surface area contributed by atoms with Gasteiger partial charge in [0.1, 0.15) is 11.6 Å². The van der Waals surface area contributed by atoms with Gasteiger partial charge in [-0.05, 0) is 13.8 Å². The molecule has 0 unspecified atom stereocenters. The van der Waals surface area contributed by atoms with Crippen molar-refractivity contribution in [3.05, 3.63) is 12.8 Å². The molecular weight excluding hydrogens is 405 g/mol. The number of rotatable bonds is 4. The van der Waals surface area contributed by atoms with Crippen LogP contribution in [-0.4, -0.2) is 35.5 Å². The van der Waals surface area contributed by atoms with Gasteiger partial charge in [0.15, 0.2) is 0 Å². The van der Waals surface area contributed by atoms with Gasteiger partial charge >= 0.3 is 32.8 Å². The number of hydrogen-bond donors (Lipinski definition) is 0. The van der Waals surface area contributed by atoms with Crippen molar-refractivity contribution < 1.29 is 65.9 Å². The minimum absolute atomic E-state index is 0. The zero-order chi connectivity index (χ0) is 16.7. The molecule has 0 amide bonds. The second kappa shape index (κ2) is 9.57. The third-order valence-corrected chi connectivity index (χ3v) is 1.23. The summed E-state index contributed by atoms with van der Waals surface area (Å²) in [7, 11) is 0. The Labute approximate surface area is 128 Å². The second-order valence-corrected chi connectivity index (χ2v) is 3.23. The second-order valence-electron chi connectivity index (χ2n) is 3.23. The van der Waals surface area contributed by atoms with E-state index < -0.39 is 35.5 Å². The largest absolute Gasteiger partial charge is 2.00 e. The van der Waals surface area contributed by atoms with Crippen molar-refractivity contribution in [2.24, 2.45) is 0 Å². The van der Waals surface area contributed by atoms with Crippen LogP contribution in [0.5, 0.6) is 0 Å². The molecule has 0 aliphatic heterocycles. The van der Waals surface area contributed by atoms with Crippen molar-refractivity contribution in [3.8, 4) is 0 Å². The molecule has 0 saturated heterocycles. The summed E-state index contributed by atoms with van der Waals surface area (Å²) in [6.07, 6.45) is -9.82. The first-order valence-electron chi connectivity index (χ1n) is 4.61. The van der Waals surface area contributed by atoms with Gasteiger partial charge in [-0.1, -0.05) is 0 Å². The Balaban J connectivity index is -0.000000295. The Morgan fingerprint density at radius 1 is 0.667 bits per heavy atom. The third-order valence-electron chi connectivity index (χ3n) is 1.23. The van der Waals surface area contributed by atoms with Crippen LogP contribution in [0.4, 0.5) is 26.3 Å². The minimum Gasteiger partial charge on any atom is -0.334 e. The first kappa shape index (κ1) is 24.7. The van der Waals surface area contributed by atoms with E-state index in [0.29, 0.717) is 0 Å². The topological polar surface area (TPSA) is 68.3 Å². The molecule has 0 aliphatic rings. The number of Topliss-reactive ketones (excluding diaryl/α,β-unsaturated/α-hetero) is 4. The fourth-order valence-corrected chi connectivity index (χ4v) is 0.533. The van der Waals surface area contributed by atoms with Crippen molar-refractivity contribution >= 4 is 23.1 Å². The van der Waals surface area contributed by atoms with Gasteiger partial charge < -0.3 is 19.2 Å². The summed E-state index contributed by atoms with van der Waals surface area (Å²) in [6, 6.07) is 0. The zero-order valence-corrected chi connectivity index (χ0v) is 11.9. The number of ketones is 4. The number of alkyl halides is 6. The maximum absolute atomic E-state index is 11.3.